The second-order valence-corrected chi connectivity index (χ2v) is 9.13. The lowest BCUT2D eigenvalue weighted by Crippen LogP contribution is -2.42. The molecule has 0 aliphatic carbocycles. The highest BCUT2D eigenvalue weighted by molar-refractivity contribution is 5.84. The number of benzene rings is 2. The normalized spacial score (nSPS) is 16.3. The van der Waals surface area contributed by atoms with Crippen LogP contribution in [0.25, 0.3) is 10.9 Å². The van der Waals surface area contributed by atoms with Crippen LogP contribution in [0.4, 0.5) is 10.1 Å². The van der Waals surface area contributed by atoms with E-state index in [0.29, 0.717) is 50.4 Å². The van der Waals surface area contributed by atoms with Crippen molar-refractivity contribution in [2.45, 2.75) is 44.8 Å². The van der Waals surface area contributed by atoms with Gasteiger partial charge in [-0.15, -0.1) is 0 Å². The van der Waals surface area contributed by atoms with E-state index in [1.807, 2.05) is 55.5 Å². The number of hydrogen-bond donors (Lipinski definition) is 1. The molecule has 0 saturated carbocycles. The molecule has 1 aromatic heterocycles. The summed E-state index contributed by atoms with van der Waals surface area (Å²) >= 11 is 0. The molecule has 0 radical (unpaired) electrons. The molecule has 7 nitrogen and oxygen atoms in total. The predicted octanol–water partition coefficient (Wildman–Crippen LogP) is 6.14. The summed E-state index contributed by atoms with van der Waals surface area (Å²) in [5, 5.41) is 13.2. The number of pyridine rings is 1. The number of aromatic nitrogens is 1. The SMILES string of the molecule is CCc1cc(OCCOC)ccc1N=NC(C)c1ccc2cccc(OCC3(F)CCNCC3)c2n1. The van der Waals surface area contributed by atoms with Crippen molar-refractivity contribution < 1.29 is 18.6 Å². The van der Waals surface area contributed by atoms with Gasteiger partial charge in [0.25, 0.3) is 0 Å². The molecule has 2 heterocycles. The topological polar surface area (TPSA) is 77.3 Å². The molecule has 1 N–H and O–H groups in total. The van der Waals surface area contributed by atoms with Gasteiger partial charge in [-0.25, -0.2) is 9.37 Å². The van der Waals surface area contributed by atoms with Crippen molar-refractivity contribution in [3.8, 4) is 11.5 Å². The Labute approximate surface area is 212 Å². The van der Waals surface area contributed by atoms with Crippen molar-refractivity contribution in [3.63, 3.8) is 0 Å². The molecule has 0 amide bonds. The molecule has 1 fully saturated rings. The molecule has 4 rings (SSSR count). The number of hydrogen-bond acceptors (Lipinski definition) is 7. The highest BCUT2D eigenvalue weighted by atomic mass is 19.1. The van der Waals surface area contributed by atoms with Gasteiger partial charge in [0.15, 0.2) is 0 Å². The van der Waals surface area contributed by atoms with Gasteiger partial charge in [0.2, 0.25) is 0 Å². The lowest BCUT2D eigenvalue weighted by molar-refractivity contribution is 0.0545. The number of para-hydroxylation sites is 1. The minimum Gasteiger partial charge on any atom is -0.491 e. The molecule has 192 valence electrons. The van der Waals surface area contributed by atoms with Crippen LogP contribution in [0.1, 0.15) is 44.0 Å². The van der Waals surface area contributed by atoms with Crippen LogP contribution in [0.2, 0.25) is 0 Å². The minimum absolute atomic E-state index is 0.0277. The van der Waals surface area contributed by atoms with Gasteiger partial charge in [-0.2, -0.15) is 10.2 Å². The highest BCUT2D eigenvalue weighted by Crippen LogP contribution is 2.31. The van der Waals surface area contributed by atoms with Crippen molar-refractivity contribution >= 4 is 16.6 Å². The fraction of sp³-hybridized carbons (Fsp3) is 0.464. The lowest BCUT2D eigenvalue weighted by atomic mass is 9.95. The molecule has 1 saturated heterocycles. The highest BCUT2D eigenvalue weighted by Gasteiger charge is 2.32. The Bertz CT molecular complexity index is 1180. The van der Waals surface area contributed by atoms with Gasteiger partial charge in [-0.05, 0) is 75.2 Å². The summed E-state index contributed by atoms with van der Waals surface area (Å²) in [5.74, 6) is 1.38. The van der Waals surface area contributed by atoms with Crippen molar-refractivity contribution in [2.24, 2.45) is 10.2 Å². The van der Waals surface area contributed by atoms with Crippen molar-refractivity contribution in [1.29, 1.82) is 0 Å². The molecule has 2 aromatic carbocycles. The van der Waals surface area contributed by atoms with Gasteiger partial charge < -0.3 is 19.5 Å². The number of fused-ring (bicyclic) bond motifs is 1. The summed E-state index contributed by atoms with van der Waals surface area (Å²) in [6.45, 7) is 6.45. The van der Waals surface area contributed by atoms with Crippen LogP contribution in [-0.4, -0.2) is 50.7 Å². The Morgan fingerprint density at radius 3 is 2.69 bits per heavy atom. The zero-order chi connectivity index (χ0) is 25.4. The Morgan fingerprint density at radius 2 is 1.92 bits per heavy atom. The number of ether oxygens (including phenoxy) is 3. The zero-order valence-electron chi connectivity index (χ0n) is 21.3. The van der Waals surface area contributed by atoms with E-state index >= 15 is 4.39 Å². The average molecular weight is 495 g/mol. The average Bonchev–Trinajstić information content (AvgIpc) is 2.91. The Hall–Kier alpha value is -3.10. The second-order valence-electron chi connectivity index (χ2n) is 9.13. The molecular weight excluding hydrogens is 459 g/mol. The fourth-order valence-electron chi connectivity index (χ4n) is 4.19. The lowest BCUT2D eigenvalue weighted by Gasteiger charge is -2.29. The fourth-order valence-corrected chi connectivity index (χ4v) is 4.19. The first-order valence-corrected chi connectivity index (χ1v) is 12.6. The van der Waals surface area contributed by atoms with Gasteiger partial charge in [0.1, 0.15) is 41.9 Å². The van der Waals surface area contributed by atoms with E-state index in [1.165, 1.54) is 0 Å². The van der Waals surface area contributed by atoms with Crippen LogP contribution < -0.4 is 14.8 Å². The molecular formula is C28H35FN4O3. The predicted molar refractivity (Wildman–Crippen MR) is 139 cm³/mol. The molecule has 1 unspecified atom stereocenters. The van der Waals surface area contributed by atoms with Crippen molar-refractivity contribution in [2.75, 3.05) is 40.0 Å². The largest absolute Gasteiger partial charge is 0.491 e. The smallest absolute Gasteiger partial charge is 0.147 e. The number of azo groups is 1. The van der Waals surface area contributed by atoms with E-state index in [9.17, 15) is 0 Å². The molecule has 1 aliphatic heterocycles. The number of methoxy groups -OCH3 is 1. The first kappa shape index (κ1) is 26.0. The monoisotopic (exact) mass is 494 g/mol. The molecule has 8 heteroatoms. The first-order chi connectivity index (χ1) is 17.5. The van der Waals surface area contributed by atoms with Gasteiger partial charge in [0, 0.05) is 12.5 Å². The number of aryl methyl sites for hydroxylation is 1. The molecule has 1 atom stereocenters. The third-order valence-electron chi connectivity index (χ3n) is 6.45. The van der Waals surface area contributed by atoms with Gasteiger partial charge in [-0.3, -0.25) is 0 Å². The molecule has 3 aromatic rings. The molecule has 0 spiro atoms. The molecule has 1 aliphatic rings. The van der Waals surface area contributed by atoms with E-state index in [2.05, 4.69) is 22.5 Å². The number of alkyl halides is 1. The summed E-state index contributed by atoms with van der Waals surface area (Å²) in [6, 6.07) is 15.2. The van der Waals surface area contributed by atoms with E-state index in [4.69, 9.17) is 19.2 Å². The van der Waals surface area contributed by atoms with Crippen LogP contribution in [0.5, 0.6) is 11.5 Å². The van der Waals surface area contributed by atoms with Crippen LogP contribution >= 0.6 is 0 Å². The van der Waals surface area contributed by atoms with E-state index < -0.39 is 5.67 Å². The summed E-state index contributed by atoms with van der Waals surface area (Å²) in [5.41, 5.74) is 2.04. The maximum Gasteiger partial charge on any atom is 0.147 e. The van der Waals surface area contributed by atoms with Crippen molar-refractivity contribution in [1.82, 2.24) is 10.3 Å². The Balaban J connectivity index is 1.49. The standard InChI is InChI=1S/C28H35FN4O3/c1-4-21-18-23(35-17-16-34-3)9-11-25(21)33-32-20(2)24-10-8-22-6-5-7-26(27(22)31-24)36-19-28(29)12-14-30-15-13-28/h5-11,18,20,30H,4,12-17,19H2,1-3H3. The Kier molecular flexibility index (Phi) is 8.83. The van der Waals surface area contributed by atoms with Gasteiger partial charge in [0.05, 0.1) is 18.0 Å². The molecule has 36 heavy (non-hydrogen) atoms. The molecule has 0 bridgehead atoms. The number of nitrogens with zero attached hydrogens (tertiary/aromatic N) is 3. The van der Waals surface area contributed by atoms with Gasteiger partial charge >= 0.3 is 0 Å². The maximum atomic E-state index is 15.1. The number of rotatable bonds is 11. The summed E-state index contributed by atoms with van der Waals surface area (Å²) in [7, 11) is 1.65. The number of nitrogens with one attached hydrogen (secondary N) is 1. The Morgan fingerprint density at radius 1 is 1.08 bits per heavy atom. The minimum atomic E-state index is -1.31. The van der Waals surface area contributed by atoms with E-state index in [0.717, 1.165) is 34.5 Å². The third kappa shape index (κ3) is 6.56. The third-order valence-corrected chi connectivity index (χ3v) is 6.45. The first-order valence-electron chi connectivity index (χ1n) is 12.6. The van der Waals surface area contributed by atoms with Crippen LogP contribution in [0.3, 0.4) is 0 Å². The summed E-state index contributed by atoms with van der Waals surface area (Å²) in [4.78, 5) is 4.83. The quantitative estimate of drug-likeness (QED) is 0.256. The van der Waals surface area contributed by atoms with Crippen LogP contribution in [-0.2, 0) is 11.2 Å². The summed E-state index contributed by atoms with van der Waals surface area (Å²) < 4.78 is 31.8. The number of halogens is 1. The van der Waals surface area contributed by atoms with E-state index in [1.54, 1.807) is 7.11 Å². The van der Waals surface area contributed by atoms with Crippen LogP contribution in [0, 0.1) is 0 Å². The van der Waals surface area contributed by atoms with Gasteiger partial charge in [-0.1, -0.05) is 25.1 Å². The zero-order valence-corrected chi connectivity index (χ0v) is 21.3. The number of piperidine rings is 1. The van der Waals surface area contributed by atoms with Crippen molar-refractivity contribution in [3.05, 3.63) is 59.8 Å². The maximum absolute atomic E-state index is 15.1. The van der Waals surface area contributed by atoms with Crippen LogP contribution in [0.15, 0.2) is 58.8 Å². The second kappa shape index (κ2) is 12.2. The summed E-state index contributed by atoms with van der Waals surface area (Å²) in [6.07, 6.45) is 1.72. The van der Waals surface area contributed by atoms with E-state index in [-0.39, 0.29) is 12.6 Å².